The number of aromatic nitrogens is 2. The van der Waals surface area contributed by atoms with E-state index in [1.807, 2.05) is 24.3 Å². The Labute approximate surface area is 158 Å². The largest absolute Gasteiger partial charge is 0.396 e. The molecule has 4 rings (SSSR count). The van der Waals surface area contributed by atoms with Gasteiger partial charge < -0.3 is 10.0 Å². The first-order valence-corrected chi connectivity index (χ1v) is 9.45. The first kappa shape index (κ1) is 17.6. The minimum Gasteiger partial charge on any atom is -0.396 e. The van der Waals surface area contributed by atoms with E-state index in [9.17, 15) is 9.90 Å². The lowest BCUT2D eigenvalue weighted by molar-refractivity contribution is 0.0731. The molecule has 0 unspecified atom stereocenters. The molecule has 1 aromatic heterocycles. The molecule has 0 bridgehead atoms. The van der Waals surface area contributed by atoms with Gasteiger partial charge in [-0.2, -0.15) is 0 Å². The summed E-state index contributed by atoms with van der Waals surface area (Å²) in [5, 5.41) is 11.5. The van der Waals surface area contributed by atoms with Gasteiger partial charge in [0.05, 0.1) is 5.56 Å². The lowest BCUT2D eigenvalue weighted by atomic mass is 10.0. The van der Waals surface area contributed by atoms with Crippen molar-refractivity contribution in [3.05, 3.63) is 71.8 Å². The summed E-state index contributed by atoms with van der Waals surface area (Å²) in [4.78, 5) is 23.6. The third kappa shape index (κ3) is 3.98. The number of hydrogen-bond acceptors (Lipinski definition) is 4. The molecule has 1 fully saturated rings. The molecule has 1 saturated carbocycles. The van der Waals surface area contributed by atoms with Gasteiger partial charge in [-0.25, -0.2) is 9.97 Å². The van der Waals surface area contributed by atoms with E-state index in [1.54, 1.807) is 17.3 Å². The molecule has 5 nitrogen and oxygen atoms in total. The molecule has 1 N–H and O–H groups in total. The van der Waals surface area contributed by atoms with Gasteiger partial charge in [0.15, 0.2) is 0 Å². The molecule has 0 saturated heterocycles. The van der Waals surface area contributed by atoms with Crippen LogP contribution in [0, 0.1) is 0 Å². The second-order valence-corrected chi connectivity index (χ2v) is 7.05. The fourth-order valence-corrected chi connectivity index (χ4v) is 3.33. The summed E-state index contributed by atoms with van der Waals surface area (Å²) in [6.45, 7) is 1.03. The molecular formula is C22H23N3O2. The summed E-state index contributed by atoms with van der Waals surface area (Å²) in [5.41, 5.74) is 1.59. The second-order valence-electron chi connectivity index (χ2n) is 7.05. The molecule has 0 aliphatic heterocycles. The molecule has 0 atom stereocenters. The van der Waals surface area contributed by atoms with E-state index in [0.717, 1.165) is 35.0 Å². The zero-order valence-corrected chi connectivity index (χ0v) is 15.2. The number of benzene rings is 2. The number of hydrogen-bond donors (Lipinski definition) is 1. The van der Waals surface area contributed by atoms with E-state index >= 15 is 0 Å². The summed E-state index contributed by atoms with van der Waals surface area (Å²) in [6, 6.07) is 14.3. The van der Waals surface area contributed by atoms with E-state index in [2.05, 4.69) is 28.2 Å². The van der Waals surface area contributed by atoms with Crippen molar-refractivity contribution in [3.8, 4) is 0 Å². The molecule has 0 spiro atoms. The normalized spacial score (nSPS) is 13.7. The van der Waals surface area contributed by atoms with Gasteiger partial charge in [0, 0.05) is 38.0 Å². The second kappa shape index (κ2) is 7.84. The van der Waals surface area contributed by atoms with Gasteiger partial charge in [-0.15, -0.1) is 0 Å². The number of amides is 1. The predicted molar refractivity (Wildman–Crippen MR) is 104 cm³/mol. The van der Waals surface area contributed by atoms with Crippen molar-refractivity contribution in [2.45, 2.75) is 31.7 Å². The monoisotopic (exact) mass is 361 g/mol. The summed E-state index contributed by atoms with van der Waals surface area (Å²) in [5.74, 6) is 1.21. The molecule has 0 radical (unpaired) electrons. The van der Waals surface area contributed by atoms with Crippen LogP contribution in [-0.4, -0.2) is 39.0 Å². The molecule has 27 heavy (non-hydrogen) atoms. The molecule has 138 valence electrons. The summed E-state index contributed by atoms with van der Waals surface area (Å²) in [6.07, 6.45) is 6.08. The standard InChI is InChI=1S/C22H23N3O2/c26-12-4-11-25(15-18-7-3-6-16-5-1-2-8-20(16)18)22(27)19-13-23-21(24-14-19)17-9-10-17/h1-3,5-8,13-14,17,26H,4,9-12,15H2. The summed E-state index contributed by atoms with van der Waals surface area (Å²) < 4.78 is 0. The van der Waals surface area contributed by atoms with Gasteiger partial charge >= 0.3 is 0 Å². The average Bonchev–Trinajstić information content (AvgIpc) is 3.56. The Morgan fingerprint density at radius 1 is 1.07 bits per heavy atom. The fourth-order valence-electron chi connectivity index (χ4n) is 3.33. The lowest BCUT2D eigenvalue weighted by Gasteiger charge is -2.23. The summed E-state index contributed by atoms with van der Waals surface area (Å²) in [7, 11) is 0. The average molecular weight is 361 g/mol. The molecular weight excluding hydrogens is 338 g/mol. The molecule has 1 aliphatic carbocycles. The smallest absolute Gasteiger partial charge is 0.257 e. The van der Waals surface area contributed by atoms with Gasteiger partial charge in [-0.05, 0) is 35.6 Å². The Kier molecular flexibility index (Phi) is 5.12. The van der Waals surface area contributed by atoms with E-state index in [1.165, 1.54) is 0 Å². The van der Waals surface area contributed by atoms with Crippen molar-refractivity contribution < 1.29 is 9.90 Å². The Morgan fingerprint density at radius 2 is 1.81 bits per heavy atom. The molecule has 3 aromatic rings. The quantitative estimate of drug-likeness (QED) is 0.699. The maximum Gasteiger partial charge on any atom is 0.257 e. The van der Waals surface area contributed by atoms with Gasteiger partial charge in [0.25, 0.3) is 5.91 Å². The van der Waals surface area contributed by atoms with Crippen LogP contribution in [0.3, 0.4) is 0 Å². The highest BCUT2D eigenvalue weighted by Gasteiger charge is 2.27. The van der Waals surface area contributed by atoms with Crippen molar-refractivity contribution in [1.82, 2.24) is 14.9 Å². The maximum absolute atomic E-state index is 13.1. The van der Waals surface area contributed by atoms with E-state index in [4.69, 9.17) is 0 Å². The number of nitrogens with zero attached hydrogens (tertiary/aromatic N) is 3. The van der Waals surface area contributed by atoms with Gasteiger partial charge in [0.1, 0.15) is 5.82 Å². The maximum atomic E-state index is 13.1. The topological polar surface area (TPSA) is 66.3 Å². The zero-order valence-electron chi connectivity index (χ0n) is 15.2. The van der Waals surface area contributed by atoms with Crippen LogP contribution in [0.1, 0.15) is 46.9 Å². The Hall–Kier alpha value is -2.79. The van der Waals surface area contributed by atoms with Gasteiger partial charge in [-0.1, -0.05) is 42.5 Å². The highest BCUT2D eigenvalue weighted by molar-refractivity contribution is 5.94. The minimum absolute atomic E-state index is 0.0520. The first-order chi connectivity index (χ1) is 13.3. The highest BCUT2D eigenvalue weighted by Crippen LogP contribution is 2.37. The third-order valence-electron chi connectivity index (χ3n) is 4.98. The number of carbonyl (C=O) groups is 1. The van der Waals surface area contributed by atoms with Crippen LogP contribution >= 0.6 is 0 Å². The van der Waals surface area contributed by atoms with Crippen LogP contribution in [0.4, 0.5) is 0 Å². The Morgan fingerprint density at radius 3 is 2.56 bits per heavy atom. The van der Waals surface area contributed by atoms with Crippen molar-refractivity contribution in [2.75, 3.05) is 13.2 Å². The number of aliphatic hydroxyl groups excluding tert-OH is 1. The summed E-state index contributed by atoms with van der Waals surface area (Å²) >= 11 is 0. The van der Waals surface area contributed by atoms with Crippen LogP contribution in [0.25, 0.3) is 10.8 Å². The van der Waals surface area contributed by atoms with Gasteiger partial charge in [-0.3, -0.25) is 4.79 Å². The van der Waals surface area contributed by atoms with Crippen molar-refractivity contribution in [2.24, 2.45) is 0 Å². The van der Waals surface area contributed by atoms with Crippen LogP contribution in [0.5, 0.6) is 0 Å². The number of fused-ring (bicyclic) bond motifs is 1. The molecule has 5 heteroatoms. The molecule has 1 heterocycles. The van der Waals surface area contributed by atoms with E-state index in [0.29, 0.717) is 31.0 Å². The van der Waals surface area contributed by atoms with Crippen molar-refractivity contribution in [3.63, 3.8) is 0 Å². The molecule has 2 aromatic carbocycles. The fraction of sp³-hybridized carbons (Fsp3) is 0.318. The zero-order chi connectivity index (χ0) is 18.6. The number of aliphatic hydroxyl groups is 1. The highest BCUT2D eigenvalue weighted by atomic mass is 16.3. The number of carbonyl (C=O) groups excluding carboxylic acids is 1. The van der Waals surface area contributed by atoms with Crippen LogP contribution in [0.15, 0.2) is 54.9 Å². The van der Waals surface area contributed by atoms with Crippen LogP contribution in [-0.2, 0) is 6.54 Å². The Balaban J connectivity index is 1.58. The number of rotatable bonds is 7. The predicted octanol–water partition coefficient (Wildman–Crippen LogP) is 3.53. The molecule has 1 aliphatic rings. The van der Waals surface area contributed by atoms with Crippen molar-refractivity contribution >= 4 is 16.7 Å². The minimum atomic E-state index is -0.0984. The van der Waals surface area contributed by atoms with Crippen LogP contribution in [0.2, 0.25) is 0 Å². The van der Waals surface area contributed by atoms with E-state index in [-0.39, 0.29) is 12.5 Å². The first-order valence-electron chi connectivity index (χ1n) is 9.45. The Bertz CT molecular complexity index is 930. The van der Waals surface area contributed by atoms with Crippen molar-refractivity contribution in [1.29, 1.82) is 0 Å². The molecule has 1 amide bonds. The van der Waals surface area contributed by atoms with E-state index < -0.39 is 0 Å². The SMILES string of the molecule is O=C(c1cnc(C2CC2)nc1)N(CCCO)Cc1cccc2ccccc12. The van der Waals surface area contributed by atoms with Crippen LogP contribution < -0.4 is 0 Å². The third-order valence-corrected chi connectivity index (χ3v) is 4.98. The lowest BCUT2D eigenvalue weighted by Crippen LogP contribution is -2.32. The van der Waals surface area contributed by atoms with Gasteiger partial charge in [0.2, 0.25) is 0 Å².